The summed E-state index contributed by atoms with van der Waals surface area (Å²) >= 11 is 0.888. The predicted octanol–water partition coefficient (Wildman–Crippen LogP) is -0.301. The van der Waals surface area contributed by atoms with Crippen molar-refractivity contribution in [2.24, 2.45) is 14.1 Å². The Morgan fingerprint density at radius 1 is 1.14 bits per heavy atom. The van der Waals surface area contributed by atoms with Gasteiger partial charge >= 0.3 is 17.6 Å². The van der Waals surface area contributed by atoms with E-state index in [2.05, 4.69) is 4.98 Å². The molecule has 0 fully saturated rings. The molecule has 0 aromatic carbocycles. The fourth-order valence-corrected chi connectivity index (χ4v) is 3.89. The minimum Gasteiger partial charge on any atom is -0.465 e. The third kappa shape index (κ3) is 2.78. The number of thiophene rings is 1. The van der Waals surface area contributed by atoms with Crippen LogP contribution in [0.2, 0.25) is 0 Å². The fourth-order valence-electron chi connectivity index (χ4n) is 2.91. The maximum absolute atomic E-state index is 12.6. The molecule has 0 aliphatic rings. The van der Waals surface area contributed by atoms with Gasteiger partial charge in [-0.15, -0.1) is 11.3 Å². The maximum Gasteiger partial charge on any atom is 0.348 e. The zero-order valence-corrected chi connectivity index (χ0v) is 16.3. The van der Waals surface area contributed by atoms with Gasteiger partial charge in [-0.2, -0.15) is 0 Å². The van der Waals surface area contributed by atoms with Gasteiger partial charge in [-0.25, -0.2) is 19.4 Å². The number of ether oxygens (including phenoxy) is 2. The van der Waals surface area contributed by atoms with Crippen molar-refractivity contribution in [3.63, 3.8) is 0 Å². The highest BCUT2D eigenvalue weighted by molar-refractivity contribution is 7.18. The Bertz CT molecular complexity index is 1230. The molecule has 0 aliphatic heterocycles. The summed E-state index contributed by atoms with van der Waals surface area (Å²) in [6, 6.07) is 0. The molecule has 0 spiro atoms. The Kier molecular flexibility index (Phi) is 4.81. The number of nitrogen functional groups attached to an aromatic ring is 1. The first-order valence-electron chi connectivity index (χ1n) is 7.91. The summed E-state index contributed by atoms with van der Waals surface area (Å²) < 4.78 is 13.2. The van der Waals surface area contributed by atoms with Crippen LogP contribution < -0.4 is 17.0 Å². The SMILES string of the molecule is COC(=O)c1sc(N)c(C(=O)OC)c1Cn1cnc2c1c(=O)n(C)c(=O)n2C. The van der Waals surface area contributed by atoms with Gasteiger partial charge in [0.15, 0.2) is 11.2 Å². The molecular formula is C16H17N5O6S. The molecule has 0 unspecified atom stereocenters. The molecule has 0 radical (unpaired) electrons. The van der Waals surface area contributed by atoms with Crippen LogP contribution in [0.1, 0.15) is 25.6 Å². The molecule has 3 aromatic heterocycles. The minimum atomic E-state index is -0.719. The van der Waals surface area contributed by atoms with Gasteiger partial charge in [0.25, 0.3) is 5.56 Å². The van der Waals surface area contributed by atoms with Crippen LogP contribution in [0, 0.1) is 0 Å². The van der Waals surface area contributed by atoms with Crippen molar-refractivity contribution >= 4 is 39.4 Å². The number of aryl methyl sites for hydroxylation is 1. The molecule has 3 heterocycles. The Balaban J connectivity index is 2.28. The smallest absolute Gasteiger partial charge is 0.348 e. The van der Waals surface area contributed by atoms with Gasteiger partial charge in [0.2, 0.25) is 0 Å². The highest BCUT2D eigenvalue weighted by Crippen LogP contribution is 2.33. The molecule has 3 rings (SSSR count). The summed E-state index contributed by atoms with van der Waals surface area (Å²) in [7, 11) is 5.24. The Hall–Kier alpha value is -3.41. The zero-order valence-electron chi connectivity index (χ0n) is 15.5. The van der Waals surface area contributed by atoms with Crippen molar-refractivity contribution in [2.75, 3.05) is 20.0 Å². The number of nitrogens with zero attached hydrogens (tertiary/aromatic N) is 4. The lowest BCUT2D eigenvalue weighted by molar-refractivity contribution is 0.0601. The monoisotopic (exact) mass is 407 g/mol. The van der Waals surface area contributed by atoms with Crippen LogP contribution in [0.3, 0.4) is 0 Å². The van der Waals surface area contributed by atoms with Crippen LogP contribution in [-0.4, -0.2) is 44.8 Å². The van der Waals surface area contributed by atoms with E-state index in [1.165, 1.54) is 43.8 Å². The largest absolute Gasteiger partial charge is 0.465 e. The van der Waals surface area contributed by atoms with Crippen LogP contribution in [0.25, 0.3) is 11.2 Å². The lowest BCUT2D eigenvalue weighted by Crippen LogP contribution is -2.37. The van der Waals surface area contributed by atoms with Crippen LogP contribution in [0.15, 0.2) is 15.9 Å². The summed E-state index contributed by atoms with van der Waals surface area (Å²) in [5, 5.41) is 0.0898. The maximum atomic E-state index is 12.6. The molecule has 0 aliphatic carbocycles. The van der Waals surface area contributed by atoms with Crippen molar-refractivity contribution in [1.29, 1.82) is 0 Å². The average Bonchev–Trinajstić information content (AvgIpc) is 3.25. The summed E-state index contributed by atoms with van der Waals surface area (Å²) in [5.74, 6) is -1.39. The molecule has 2 N–H and O–H groups in total. The molecule has 0 bridgehead atoms. The second-order valence-electron chi connectivity index (χ2n) is 5.88. The van der Waals surface area contributed by atoms with Crippen LogP contribution in [0.4, 0.5) is 5.00 Å². The first-order chi connectivity index (χ1) is 13.2. The lowest BCUT2D eigenvalue weighted by Gasteiger charge is -2.09. The van der Waals surface area contributed by atoms with E-state index >= 15 is 0 Å². The number of aromatic nitrogens is 4. The number of methoxy groups -OCH3 is 2. The highest BCUT2D eigenvalue weighted by atomic mass is 32.1. The lowest BCUT2D eigenvalue weighted by atomic mass is 10.1. The van der Waals surface area contributed by atoms with Gasteiger partial charge in [-0.05, 0) is 0 Å². The molecule has 0 saturated heterocycles. The summed E-state index contributed by atoms with van der Waals surface area (Å²) in [6.07, 6.45) is 1.35. The van der Waals surface area contributed by atoms with Crippen molar-refractivity contribution in [3.05, 3.63) is 43.2 Å². The number of rotatable bonds is 4. The molecule has 28 heavy (non-hydrogen) atoms. The van der Waals surface area contributed by atoms with Gasteiger partial charge in [-0.1, -0.05) is 0 Å². The number of anilines is 1. The van der Waals surface area contributed by atoms with E-state index in [4.69, 9.17) is 15.2 Å². The van der Waals surface area contributed by atoms with Gasteiger partial charge in [-0.3, -0.25) is 13.9 Å². The number of carbonyl (C=O) groups is 2. The van der Waals surface area contributed by atoms with Gasteiger partial charge in [0.05, 0.1) is 32.7 Å². The second kappa shape index (κ2) is 6.96. The Labute approximate surface area is 161 Å². The van der Waals surface area contributed by atoms with Crippen LogP contribution in [-0.2, 0) is 30.1 Å². The van der Waals surface area contributed by atoms with Crippen LogP contribution in [0.5, 0.6) is 0 Å². The van der Waals surface area contributed by atoms with Crippen molar-refractivity contribution in [1.82, 2.24) is 18.7 Å². The normalized spacial score (nSPS) is 11.0. The third-order valence-electron chi connectivity index (χ3n) is 4.34. The number of fused-ring (bicyclic) bond motifs is 1. The molecule has 11 nitrogen and oxygen atoms in total. The summed E-state index contributed by atoms with van der Waals surface area (Å²) in [6.45, 7) is -0.0769. The van der Waals surface area contributed by atoms with Gasteiger partial charge in [0, 0.05) is 19.7 Å². The molecular weight excluding hydrogens is 390 g/mol. The number of hydrogen-bond acceptors (Lipinski definition) is 9. The second-order valence-corrected chi connectivity index (χ2v) is 6.93. The topological polar surface area (TPSA) is 140 Å². The Morgan fingerprint density at radius 2 is 1.79 bits per heavy atom. The average molecular weight is 407 g/mol. The number of esters is 2. The van der Waals surface area contributed by atoms with E-state index < -0.39 is 23.2 Å². The molecule has 0 atom stereocenters. The van der Waals surface area contributed by atoms with Crippen LogP contribution >= 0.6 is 11.3 Å². The molecule has 0 saturated carbocycles. The fraction of sp³-hybridized carbons (Fsp3) is 0.312. The zero-order chi connectivity index (χ0) is 20.7. The minimum absolute atomic E-state index is 0.0244. The van der Waals surface area contributed by atoms with E-state index in [1.807, 2.05) is 0 Å². The van der Waals surface area contributed by atoms with E-state index in [-0.39, 0.29) is 38.7 Å². The van der Waals surface area contributed by atoms with E-state index in [9.17, 15) is 19.2 Å². The first-order valence-corrected chi connectivity index (χ1v) is 8.73. The Morgan fingerprint density at radius 3 is 2.39 bits per heavy atom. The molecule has 12 heteroatoms. The predicted molar refractivity (Wildman–Crippen MR) is 101 cm³/mol. The van der Waals surface area contributed by atoms with Crippen molar-refractivity contribution in [3.8, 4) is 0 Å². The van der Waals surface area contributed by atoms with E-state index in [0.29, 0.717) is 0 Å². The van der Waals surface area contributed by atoms with E-state index in [1.54, 1.807) is 0 Å². The summed E-state index contributed by atoms with van der Waals surface area (Å²) in [4.78, 5) is 53.3. The van der Waals surface area contributed by atoms with Crippen molar-refractivity contribution < 1.29 is 19.1 Å². The number of imidazole rings is 1. The molecule has 3 aromatic rings. The molecule has 0 amide bonds. The van der Waals surface area contributed by atoms with Gasteiger partial charge < -0.3 is 19.8 Å². The highest BCUT2D eigenvalue weighted by Gasteiger charge is 2.28. The third-order valence-corrected chi connectivity index (χ3v) is 5.38. The van der Waals surface area contributed by atoms with Crippen molar-refractivity contribution in [2.45, 2.75) is 6.54 Å². The first kappa shape index (κ1) is 19.4. The quantitative estimate of drug-likeness (QED) is 0.581. The van der Waals surface area contributed by atoms with E-state index in [0.717, 1.165) is 15.9 Å². The molecule has 148 valence electrons. The standard InChI is InChI=1S/C16H17N5O6S/c1-19-12-9(13(22)20(2)16(19)25)21(6-18-12)5-7-8(14(23)26-3)11(17)28-10(7)15(24)27-4/h6H,5,17H2,1-4H3. The summed E-state index contributed by atoms with van der Waals surface area (Å²) in [5.41, 5.74) is 5.43. The van der Waals surface area contributed by atoms with Gasteiger partial charge in [0.1, 0.15) is 9.88 Å². The number of hydrogen-bond donors (Lipinski definition) is 1. The number of nitrogens with two attached hydrogens (primary N) is 1. The number of carbonyl (C=O) groups excluding carboxylic acids is 2.